The van der Waals surface area contributed by atoms with E-state index in [1.165, 1.54) is 18.2 Å². The van der Waals surface area contributed by atoms with Gasteiger partial charge in [-0.1, -0.05) is 12.1 Å². The van der Waals surface area contributed by atoms with Gasteiger partial charge in [0.05, 0.1) is 11.2 Å². The first kappa shape index (κ1) is 12.5. The largest absolute Gasteiger partial charge is 0.353 e. The molecule has 0 amide bonds. The summed E-state index contributed by atoms with van der Waals surface area (Å²) in [4.78, 5) is 4.34. The van der Waals surface area contributed by atoms with Crippen LogP contribution in [0.2, 0.25) is 0 Å². The van der Waals surface area contributed by atoms with Gasteiger partial charge in [-0.25, -0.2) is 8.78 Å². The minimum absolute atomic E-state index is 0.347. The molecule has 3 aromatic rings. The fraction of sp³-hybridized carbons (Fsp3) is 0.0625. The van der Waals surface area contributed by atoms with E-state index < -0.39 is 0 Å². The number of halogens is 2. The molecule has 4 heteroatoms. The Morgan fingerprint density at radius 2 is 1.75 bits per heavy atom. The number of benzene rings is 2. The zero-order chi connectivity index (χ0) is 14.1. The molecule has 0 spiro atoms. The molecule has 0 atom stereocenters. The van der Waals surface area contributed by atoms with Gasteiger partial charge < -0.3 is 5.32 Å². The summed E-state index contributed by atoms with van der Waals surface area (Å²) >= 11 is 0. The van der Waals surface area contributed by atoms with E-state index in [1.807, 2.05) is 6.92 Å². The fourth-order valence-electron chi connectivity index (χ4n) is 2.14. The van der Waals surface area contributed by atoms with E-state index in [2.05, 4.69) is 10.3 Å². The van der Waals surface area contributed by atoms with Crippen LogP contribution in [-0.2, 0) is 0 Å². The first-order valence-electron chi connectivity index (χ1n) is 6.22. The summed E-state index contributed by atoms with van der Waals surface area (Å²) < 4.78 is 27.1. The molecule has 0 fully saturated rings. The van der Waals surface area contributed by atoms with Gasteiger partial charge in [0.1, 0.15) is 11.6 Å². The Kier molecular flexibility index (Phi) is 3.06. The van der Waals surface area contributed by atoms with Crippen molar-refractivity contribution < 1.29 is 8.78 Å². The van der Waals surface area contributed by atoms with Gasteiger partial charge in [-0.15, -0.1) is 0 Å². The van der Waals surface area contributed by atoms with Crippen LogP contribution in [0.1, 0.15) is 5.69 Å². The lowest BCUT2D eigenvalue weighted by Gasteiger charge is -2.11. The van der Waals surface area contributed by atoms with Gasteiger partial charge in [0.2, 0.25) is 0 Å². The molecule has 0 aliphatic carbocycles. The molecule has 100 valence electrons. The summed E-state index contributed by atoms with van der Waals surface area (Å²) in [6, 6.07) is 12.5. The molecule has 1 aromatic heterocycles. The highest BCUT2D eigenvalue weighted by atomic mass is 19.1. The Labute approximate surface area is 115 Å². The molecule has 0 bridgehead atoms. The Hall–Kier alpha value is -2.49. The summed E-state index contributed by atoms with van der Waals surface area (Å²) in [5.41, 5.74) is 2.44. The van der Waals surface area contributed by atoms with Crippen molar-refractivity contribution in [2.24, 2.45) is 0 Å². The molecule has 0 radical (unpaired) electrons. The fourth-order valence-corrected chi connectivity index (χ4v) is 2.14. The molecule has 0 saturated carbocycles. The topological polar surface area (TPSA) is 24.9 Å². The molecule has 1 heterocycles. The highest BCUT2D eigenvalue weighted by Gasteiger charge is 2.08. The number of anilines is 2. The summed E-state index contributed by atoms with van der Waals surface area (Å²) in [5, 5.41) is 3.63. The van der Waals surface area contributed by atoms with Gasteiger partial charge in [-0.05, 0) is 43.3 Å². The second-order valence-electron chi connectivity index (χ2n) is 4.58. The predicted octanol–water partition coefficient (Wildman–Crippen LogP) is 4.57. The summed E-state index contributed by atoms with van der Waals surface area (Å²) in [5.74, 6) is -0.703. The Morgan fingerprint density at radius 3 is 2.55 bits per heavy atom. The lowest BCUT2D eigenvalue weighted by Crippen LogP contribution is -1.97. The SMILES string of the molecule is Cc1cc(Nc2ccccc2F)c2cc(F)ccc2n1. The van der Waals surface area contributed by atoms with Crippen molar-refractivity contribution in [2.45, 2.75) is 6.92 Å². The van der Waals surface area contributed by atoms with Crippen LogP contribution in [0.15, 0.2) is 48.5 Å². The second kappa shape index (κ2) is 4.89. The molecule has 3 rings (SSSR count). The number of rotatable bonds is 2. The zero-order valence-corrected chi connectivity index (χ0v) is 10.8. The van der Waals surface area contributed by atoms with Crippen molar-refractivity contribution >= 4 is 22.3 Å². The van der Waals surface area contributed by atoms with Crippen LogP contribution in [0.25, 0.3) is 10.9 Å². The molecule has 2 aromatic carbocycles. The van der Waals surface area contributed by atoms with Crippen LogP contribution in [0, 0.1) is 18.6 Å². The minimum Gasteiger partial charge on any atom is -0.353 e. The Balaban J connectivity index is 2.15. The summed E-state index contributed by atoms with van der Waals surface area (Å²) in [7, 11) is 0. The number of nitrogens with one attached hydrogen (secondary N) is 1. The van der Waals surface area contributed by atoms with Crippen LogP contribution in [0.3, 0.4) is 0 Å². The van der Waals surface area contributed by atoms with E-state index in [4.69, 9.17) is 0 Å². The van der Waals surface area contributed by atoms with Crippen molar-refractivity contribution in [3.8, 4) is 0 Å². The lowest BCUT2D eigenvalue weighted by molar-refractivity contribution is 0.629. The van der Waals surface area contributed by atoms with E-state index in [0.29, 0.717) is 22.3 Å². The molecular formula is C16H12F2N2. The molecule has 20 heavy (non-hydrogen) atoms. The van der Waals surface area contributed by atoms with Crippen molar-refractivity contribution in [3.63, 3.8) is 0 Å². The van der Waals surface area contributed by atoms with Crippen molar-refractivity contribution in [2.75, 3.05) is 5.32 Å². The number of aromatic nitrogens is 1. The molecule has 0 saturated heterocycles. The highest BCUT2D eigenvalue weighted by Crippen LogP contribution is 2.28. The first-order valence-corrected chi connectivity index (χ1v) is 6.22. The van der Waals surface area contributed by atoms with E-state index in [-0.39, 0.29) is 11.6 Å². The minimum atomic E-state index is -0.355. The van der Waals surface area contributed by atoms with Crippen LogP contribution in [0.4, 0.5) is 20.2 Å². The van der Waals surface area contributed by atoms with E-state index in [9.17, 15) is 8.78 Å². The quantitative estimate of drug-likeness (QED) is 0.738. The summed E-state index contributed by atoms with van der Waals surface area (Å²) in [6.45, 7) is 1.84. The van der Waals surface area contributed by atoms with Gasteiger partial charge >= 0.3 is 0 Å². The van der Waals surface area contributed by atoms with E-state index in [0.717, 1.165) is 5.69 Å². The molecule has 2 nitrogen and oxygen atoms in total. The lowest BCUT2D eigenvalue weighted by atomic mass is 10.1. The molecule has 0 aliphatic rings. The van der Waals surface area contributed by atoms with Crippen LogP contribution >= 0.6 is 0 Å². The maximum absolute atomic E-state index is 13.7. The average Bonchev–Trinajstić information content (AvgIpc) is 2.42. The number of aryl methyl sites for hydroxylation is 1. The maximum atomic E-state index is 13.7. The summed E-state index contributed by atoms with van der Waals surface area (Å²) in [6.07, 6.45) is 0. The number of pyridine rings is 1. The van der Waals surface area contributed by atoms with Gasteiger partial charge in [-0.2, -0.15) is 0 Å². The second-order valence-corrected chi connectivity index (χ2v) is 4.58. The van der Waals surface area contributed by atoms with Gasteiger partial charge in [-0.3, -0.25) is 4.98 Å². The van der Waals surface area contributed by atoms with Gasteiger partial charge in [0.25, 0.3) is 0 Å². The van der Waals surface area contributed by atoms with E-state index in [1.54, 1.807) is 30.3 Å². The number of fused-ring (bicyclic) bond motifs is 1. The smallest absolute Gasteiger partial charge is 0.146 e. The molecule has 1 N–H and O–H groups in total. The zero-order valence-electron chi connectivity index (χ0n) is 10.8. The van der Waals surface area contributed by atoms with E-state index >= 15 is 0 Å². The van der Waals surface area contributed by atoms with Gasteiger partial charge in [0, 0.05) is 16.8 Å². The standard InChI is InChI=1S/C16H12F2N2/c1-10-8-16(20-15-5-3-2-4-13(15)18)12-9-11(17)6-7-14(12)19-10/h2-9H,1H3,(H,19,20). The van der Waals surface area contributed by atoms with Crippen LogP contribution in [0.5, 0.6) is 0 Å². The number of para-hydroxylation sites is 1. The monoisotopic (exact) mass is 270 g/mol. The number of nitrogens with zero attached hydrogens (tertiary/aromatic N) is 1. The molecule has 0 unspecified atom stereocenters. The average molecular weight is 270 g/mol. The first-order chi connectivity index (χ1) is 9.63. The third kappa shape index (κ3) is 2.32. The number of hydrogen-bond acceptors (Lipinski definition) is 2. The Morgan fingerprint density at radius 1 is 0.950 bits per heavy atom. The van der Waals surface area contributed by atoms with Gasteiger partial charge in [0.15, 0.2) is 0 Å². The molecule has 0 aliphatic heterocycles. The molecular weight excluding hydrogens is 258 g/mol. The third-order valence-corrected chi connectivity index (χ3v) is 3.04. The highest BCUT2D eigenvalue weighted by molar-refractivity contribution is 5.93. The predicted molar refractivity (Wildman–Crippen MR) is 76.1 cm³/mol. The van der Waals surface area contributed by atoms with Crippen molar-refractivity contribution in [3.05, 3.63) is 65.9 Å². The van der Waals surface area contributed by atoms with Crippen molar-refractivity contribution in [1.29, 1.82) is 0 Å². The third-order valence-electron chi connectivity index (χ3n) is 3.04. The maximum Gasteiger partial charge on any atom is 0.146 e. The van der Waals surface area contributed by atoms with Crippen LogP contribution in [-0.4, -0.2) is 4.98 Å². The normalized spacial score (nSPS) is 10.8. The van der Waals surface area contributed by atoms with Crippen LogP contribution < -0.4 is 5.32 Å². The van der Waals surface area contributed by atoms with Crippen molar-refractivity contribution in [1.82, 2.24) is 4.98 Å². The Bertz CT molecular complexity index is 785. The number of hydrogen-bond donors (Lipinski definition) is 1.